The molecule has 0 saturated carbocycles. The molecule has 5 heteroatoms. The van der Waals surface area contributed by atoms with Crippen molar-refractivity contribution in [1.82, 2.24) is 0 Å². The quantitative estimate of drug-likeness (QED) is 0.732. The van der Waals surface area contributed by atoms with Crippen molar-refractivity contribution >= 4 is 5.97 Å². The lowest BCUT2D eigenvalue weighted by atomic mass is 9.86. The van der Waals surface area contributed by atoms with E-state index in [1.54, 1.807) is 12.1 Å². The Morgan fingerprint density at radius 1 is 1.17 bits per heavy atom. The van der Waals surface area contributed by atoms with E-state index >= 15 is 0 Å². The van der Waals surface area contributed by atoms with Crippen LogP contribution in [0.2, 0.25) is 0 Å². The summed E-state index contributed by atoms with van der Waals surface area (Å²) >= 11 is 0. The number of benzene rings is 2. The van der Waals surface area contributed by atoms with Crippen LogP contribution in [0.5, 0.6) is 11.5 Å². The van der Waals surface area contributed by atoms with Crippen LogP contribution in [0, 0.1) is 13.8 Å². The van der Waals surface area contributed by atoms with Gasteiger partial charge in [-0.15, -0.1) is 0 Å². The predicted octanol–water partition coefficient (Wildman–Crippen LogP) is 5.03. The minimum Gasteiger partial charge on any atom is -0.507 e. The summed E-state index contributed by atoms with van der Waals surface area (Å²) in [7, 11) is 1.35. The van der Waals surface area contributed by atoms with E-state index in [0.29, 0.717) is 11.1 Å². The third-order valence-corrected chi connectivity index (χ3v) is 5.24. The number of phenols is 1. The second-order valence-corrected chi connectivity index (χ2v) is 8.49. The normalized spacial score (nSPS) is 14.7. The van der Waals surface area contributed by atoms with Crippen molar-refractivity contribution in [2.75, 3.05) is 13.7 Å². The molecule has 1 heterocycles. The number of esters is 1. The van der Waals surface area contributed by atoms with Crippen LogP contribution in [-0.2, 0) is 20.7 Å². The Morgan fingerprint density at radius 2 is 1.90 bits per heavy atom. The van der Waals surface area contributed by atoms with Gasteiger partial charge in [0.2, 0.25) is 0 Å². The Kier molecular flexibility index (Phi) is 5.90. The zero-order valence-electron chi connectivity index (χ0n) is 18.1. The molecule has 2 aromatic rings. The maximum absolute atomic E-state index is 12.7. The van der Waals surface area contributed by atoms with E-state index in [-0.39, 0.29) is 5.75 Å². The van der Waals surface area contributed by atoms with Gasteiger partial charge in [-0.3, -0.25) is 0 Å². The van der Waals surface area contributed by atoms with Gasteiger partial charge in [-0.05, 0) is 81.8 Å². The molecule has 0 radical (unpaired) electrons. The van der Waals surface area contributed by atoms with Gasteiger partial charge in [-0.25, -0.2) is 4.79 Å². The SMILES string of the molecule is COC(=O)[C@@H](OC(C)(C)C)c1c(C)ccc(O)c1-c1ccc2c(c1C)CCCO2. The molecule has 5 nitrogen and oxygen atoms in total. The molecule has 0 aliphatic carbocycles. The standard InChI is InChI=1S/C24H30O5/c1-14-9-11-18(25)21(20(14)22(23(26)27-6)29-24(3,4)5)17-10-12-19-16(15(17)2)8-7-13-28-19/h9-12,22,25H,7-8,13H2,1-6H3/t22-/m0/s1. The highest BCUT2D eigenvalue weighted by atomic mass is 16.6. The van der Waals surface area contributed by atoms with Gasteiger partial charge in [0.05, 0.1) is 19.3 Å². The Morgan fingerprint density at radius 3 is 2.55 bits per heavy atom. The van der Waals surface area contributed by atoms with Crippen LogP contribution in [0.4, 0.5) is 0 Å². The number of ether oxygens (including phenoxy) is 3. The molecule has 1 atom stereocenters. The average Bonchev–Trinajstić information content (AvgIpc) is 2.67. The first-order chi connectivity index (χ1) is 13.6. The number of fused-ring (bicyclic) bond motifs is 1. The first-order valence-corrected chi connectivity index (χ1v) is 9.97. The fraction of sp³-hybridized carbons (Fsp3) is 0.458. The minimum atomic E-state index is -0.950. The summed E-state index contributed by atoms with van der Waals surface area (Å²) in [6, 6.07) is 7.35. The van der Waals surface area contributed by atoms with E-state index in [1.807, 2.05) is 46.8 Å². The molecule has 3 rings (SSSR count). The molecule has 0 unspecified atom stereocenters. The summed E-state index contributed by atoms with van der Waals surface area (Å²) in [5, 5.41) is 10.9. The van der Waals surface area contributed by atoms with Crippen LogP contribution in [0.3, 0.4) is 0 Å². The van der Waals surface area contributed by atoms with Crippen LogP contribution in [0.15, 0.2) is 24.3 Å². The number of aryl methyl sites for hydroxylation is 1. The van der Waals surface area contributed by atoms with Gasteiger partial charge in [0.15, 0.2) is 6.10 Å². The van der Waals surface area contributed by atoms with E-state index < -0.39 is 17.7 Å². The molecule has 29 heavy (non-hydrogen) atoms. The van der Waals surface area contributed by atoms with Gasteiger partial charge in [-0.2, -0.15) is 0 Å². The highest BCUT2D eigenvalue weighted by Gasteiger charge is 2.33. The predicted molar refractivity (Wildman–Crippen MR) is 112 cm³/mol. The zero-order valence-corrected chi connectivity index (χ0v) is 18.1. The summed E-state index contributed by atoms with van der Waals surface area (Å²) in [5.74, 6) is 0.507. The lowest BCUT2D eigenvalue weighted by Crippen LogP contribution is -2.29. The van der Waals surface area contributed by atoms with Crippen LogP contribution < -0.4 is 4.74 Å². The summed E-state index contributed by atoms with van der Waals surface area (Å²) < 4.78 is 17.0. The zero-order chi connectivity index (χ0) is 21.3. The largest absolute Gasteiger partial charge is 0.507 e. The maximum Gasteiger partial charge on any atom is 0.339 e. The Hall–Kier alpha value is -2.53. The number of hydrogen-bond acceptors (Lipinski definition) is 5. The van der Waals surface area contributed by atoms with E-state index in [9.17, 15) is 9.90 Å². The second kappa shape index (κ2) is 8.07. The summed E-state index contributed by atoms with van der Waals surface area (Å²) in [4.78, 5) is 12.7. The topological polar surface area (TPSA) is 65.0 Å². The fourth-order valence-corrected chi connectivity index (χ4v) is 3.90. The molecule has 1 aliphatic heterocycles. The number of aromatic hydroxyl groups is 1. The van der Waals surface area contributed by atoms with Gasteiger partial charge in [-0.1, -0.05) is 12.1 Å². The highest BCUT2D eigenvalue weighted by molar-refractivity contribution is 5.86. The summed E-state index contributed by atoms with van der Waals surface area (Å²) in [6.45, 7) is 10.3. The van der Waals surface area contributed by atoms with Gasteiger partial charge < -0.3 is 19.3 Å². The van der Waals surface area contributed by atoms with E-state index in [0.717, 1.165) is 47.5 Å². The first kappa shape index (κ1) is 21.2. The van der Waals surface area contributed by atoms with Crippen LogP contribution in [-0.4, -0.2) is 30.4 Å². The third kappa shape index (κ3) is 4.25. The van der Waals surface area contributed by atoms with Crippen molar-refractivity contribution in [2.45, 2.75) is 59.2 Å². The van der Waals surface area contributed by atoms with Crippen molar-refractivity contribution in [3.8, 4) is 22.6 Å². The van der Waals surface area contributed by atoms with Gasteiger partial charge in [0.1, 0.15) is 11.5 Å². The highest BCUT2D eigenvalue weighted by Crippen LogP contribution is 2.44. The molecule has 0 spiro atoms. The van der Waals surface area contributed by atoms with Gasteiger partial charge >= 0.3 is 5.97 Å². The maximum atomic E-state index is 12.7. The van der Waals surface area contributed by atoms with Crippen LogP contribution >= 0.6 is 0 Å². The smallest absolute Gasteiger partial charge is 0.339 e. The van der Waals surface area contributed by atoms with Gasteiger partial charge in [0.25, 0.3) is 0 Å². The van der Waals surface area contributed by atoms with Crippen molar-refractivity contribution < 1.29 is 24.1 Å². The molecular formula is C24H30O5. The number of rotatable bonds is 4. The number of phenolic OH excluding ortho intramolecular Hbond substituents is 1. The number of carbonyl (C=O) groups is 1. The number of methoxy groups -OCH3 is 1. The Bertz CT molecular complexity index is 924. The van der Waals surface area contributed by atoms with E-state index in [2.05, 4.69) is 0 Å². The van der Waals surface area contributed by atoms with E-state index in [4.69, 9.17) is 14.2 Å². The van der Waals surface area contributed by atoms with Crippen LogP contribution in [0.25, 0.3) is 11.1 Å². The monoisotopic (exact) mass is 398 g/mol. The number of carbonyl (C=O) groups excluding carboxylic acids is 1. The molecule has 1 aliphatic rings. The molecule has 0 saturated heterocycles. The molecule has 2 aromatic carbocycles. The summed E-state index contributed by atoms with van der Waals surface area (Å²) in [6.07, 6.45) is 0.936. The van der Waals surface area contributed by atoms with E-state index in [1.165, 1.54) is 7.11 Å². The Balaban J connectivity index is 2.26. The molecule has 0 amide bonds. The Labute approximate surface area is 172 Å². The minimum absolute atomic E-state index is 0.108. The molecule has 156 valence electrons. The van der Waals surface area contributed by atoms with Crippen molar-refractivity contribution in [3.63, 3.8) is 0 Å². The summed E-state index contributed by atoms with van der Waals surface area (Å²) in [5.41, 5.74) is 4.58. The van der Waals surface area contributed by atoms with Crippen molar-refractivity contribution in [1.29, 1.82) is 0 Å². The molecule has 0 bridgehead atoms. The second-order valence-electron chi connectivity index (χ2n) is 8.49. The average molecular weight is 398 g/mol. The lowest BCUT2D eigenvalue weighted by molar-refractivity contribution is -0.164. The molecule has 0 aromatic heterocycles. The lowest BCUT2D eigenvalue weighted by Gasteiger charge is -2.29. The van der Waals surface area contributed by atoms with Crippen molar-refractivity contribution in [2.24, 2.45) is 0 Å². The number of hydrogen-bond donors (Lipinski definition) is 1. The molecular weight excluding hydrogens is 368 g/mol. The molecule has 1 N–H and O–H groups in total. The van der Waals surface area contributed by atoms with Gasteiger partial charge in [0, 0.05) is 11.1 Å². The van der Waals surface area contributed by atoms with Crippen molar-refractivity contribution in [3.05, 3.63) is 46.5 Å². The molecule has 0 fully saturated rings. The fourth-order valence-electron chi connectivity index (χ4n) is 3.90. The first-order valence-electron chi connectivity index (χ1n) is 9.97. The van der Waals surface area contributed by atoms with Crippen LogP contribution in [0.1, 0.15) is 55.5 Å². The third-order valence-electron chi connectivity index (χ3n) is 5.24.